The summed E-state index contributed by atoms with van der Waals surface area (Å²) in [5.74, 6) is 0.0164. The molecule has 0 aromatic heterocycles. The van der Waals surface area contributed by atoms with Crippen LogP contribution in [0.5, 0.6) is 0 Å². The van der Waals surface area contributed by atoms with Crippen molar-refractivity contribution in [1.29, 1.82) is 0 Å². The third kappa shape index (κ3) is 3.05. The molecule has 1 aromatic carbocycles. The number of nitrogens with zero attached hydrogens (tertiary/aromatic N) is 1. The molecule has 2 heterocycles. The van der Waals surface area contributed by atoms with Gasteiger partial charge in [0.2, 0.25) is 11.8 Å². The molecule has 2 amide bonds. The Balaban J connectivity index is 1.45. The van der Waals surface area contributed by atoms with E-state index in [4.69, 9.17) is 4.74 Å². The molecule has 1 aromatic rings. The minimum Gasteiger partial charge on any atom is -0.374 e. The average molecular weight is 346 g/mol. The topological polar surface area (TPSA) is 58.6 Å². The Morgan fingerprint density at radius 3 is 3.04 bits per heavy atom. The summed E-state index contributed by atoms with van der Waals surface area (Å²) in [7, 11) is 0. The molecular formula is C18H22N2O3S. The molecule has 3 aliphatic rings. The molecule has 1 saturated carbocycles. The normalized spacial score (nSPS) is 29.4. The Morgan fingerprint density at radius 1 is 1.29 bits per heavy atom. The van der Waals surface area contributed by atoms with E-state index in [1.165, 1.54) is 18.2 Å². The van der Waals surface area contributed by atoms with E-state index in [-0.39, 0.29) is 35.6 Å². The van der Waals surface area contributed by atoms with Gasteiger partial charge in [-0.2, -0.15) is 0 Å². The second kappa shape index (κ2) is 6.76. The van der Waals surface area contributed by atoms with Crippen molar-refractivity contribution in [3.05, 3.63) is 24.3 Å². The number of nitrogens with one attached hydrogen (secondary N) is 1. The quantitative estimate of drug-likeness (QED) is 0.894. The van der Waals surface area contributed by atoms with Crippen LogP contribution in [-0.2, 0) is 14.3 Å². The first-order valence-electron chi connectivity index (χ1n) is 8.70. The van der Waals surface area contributed by atoms with Gasteiger partial charge < -0.3 is 15.0 Å². The zero-order valence-corrected chi connectivity index (χ0v) is 14.4. The van der Waals surface area contributed by atoms with Crippen molar-refractivity contribution < 1.29 is 14.3 Å². The summed E-state index contributed by atoms with van der Waals surface area (Å²) in [6, 6.07) is 7.94. The van der Waals surface area contributed by atoms with Crippen molar-refractivity contribution in [2.45, 2.75) is 54.4 Å². The Labute approximate surface area is 146 Å². The average Bonchev–Trinajstić information content (AvgIpc) is 2.62. The number of rotatable bonds is 2. The molecule has 1 aliphatic carbocycles. The van der Waals surface area contributed by atoms with Crippen LogP contribution in [0.4, 0.5) is 5.69 Å². The van der Waals surface area contributed by atoms with Crippen molar-refractivity contribution >= 4 is 29.3 Å². The molecule has 3 unspecified atom stereocenters. The molecule has 0 spiro atoms. The van der Waals surface area contributed by atoms with Crippen LogP contribution in [0, 0.1) is 0 Å². The molecule has 6 heteroatoms. The second-order valence-corrected chi connectivity index (χ2v) is 7.89. The van der Waals surface area contributed by atoms with Gasteiger partial charge in [0.05, 0.1) is 29.7 Å². The largest absolute Gasteiger partial charge is 0.374 e. The lowest BCUT2D eigenvalue weighted by atomic mass is 9.90. The van der Waals surface area contributed by atoms with E-state index >= 15 is 0 Å². The fraction of sp³-hybridized carbons (Fsp3) is 0.556. The molecule has 1 N–H and O–H groups in total. The van der Waals surface area contributed by atoms with E-state index in [0.717, 1.165) is 29.8 Å². The Hall–Kier alpha value is -1.53. The van der Waals surface area contributed by atoms with Crippen molar-refractivity contribution in [3.63, 3.8) is 0 Å². The SMILES string of the molecule is O=C1Nc2ccccc2SC1CC(=O)N1CCOC2CCCCC21. The molecule has 128 valence electrons. The lowest BCUT2D eigenvalue weighted by molar-refractivity contribution is -0.150. The van der Waals surface area contributed by atoms with Crippen LogP contribution >= 0.6 is 11.8 Å². The minimum absolute atomic E-state index is 0.0690. The number of fused-ring (bicyclic) bond motifs is 2. The monoisotopic (exact) mass is 346 g/mol. The molecule has 0 radical (unpaired) electrons. The van der Waals surface area contributed by atoms with Gasteiger partial charge in [-0.15, -0.1) is 11.8 Å². The Bertz CT molecular complexity index is 649. The van der Waals surface area contributed by atoms with Gasteiger partial charge in [-0.3, -0.25) is 9.59 Å². The molecule has 4 rings (SSSR count). The van der Waals surface area contributed by atoms with Crippen LogP contribution in [0.1, 0.15) is 32.1 Å². The maximum absolute atomic E-state index is 12.9. The fourth-order valence-corrected chi connectivity index (χ4v) is 5.01. The summed E-state index contributed by atoms with van der Waals surface area (Å²) in [5, 5.41) is 2.57. The highest BCUT2D eigenvalue weighted by Crippen LogP contribution is 2.37. The number of ether oxygens (including phenoxy) is 1. The van der Waals surface area contributed by atoms with E-state index in [1.54, 1.807) is 0 Å². The van der Waals surface area contributed by atoms with Gasteiger partial charge in [0.15, 0.2) is 0 Å². The zero-order valence-electron chi connectivity index (χ0n) is 13.6. The van der Waals surface area contributed by atoms with Crippen LogP contribution in [0.3, 0.4) is 0 Å². The number of thioether (sulfide) groups is 1. The molecule has 3 atom stereocenters. The predicted octanol–water partition coefficient (Wildman–Crippen LogP) is 2.66. The highest BCUT2D eigenvalue weighted by Gasteiger charge is 2.38. The molecule has 0 bridgehead atoms. The van der Waals surface area contributed by atoms with E-state index in [0.29, 0.717) is 13.2 Å². The number of amides is 2. The first-order valence-corrected chi connectivity index (χ1v) is 9.58. The van der Waals surface area contributed by atoms with E-state index < -0.39 is 0 Å². The number of morpholine rings is 1. The van der Waals surface area contributed by atoms with Crippen molar-refractivity contribution in [2.75, 3.05) is 18.5 Å². The molecule has 2 aliphatic heterocycles. The number of hydrogen-bond donors (Lipinski definition) is 1. The Kier molecular flexibility index (Phi) is 4.50. The van der Waals surface area contributed by atoms with E-state index in [2.05, 4.69) is 5.32 Å². The van der Waals surface area contributed by atoms with Gasteiger partial charge >= 0.3 is 0 Å². The molecule has 1 saturated heterocycles. The summed E-state index contributed by atoms with van der Waals surface area (Å²) in [5.41, 5.74) is 0.843. The third-order valence-electron chi connectivity index (χ3n) is 5.12. The lowest BCUT2D eigenvalue weighted by Crippen LogP contribution is -2.55. The summed E-state index contributed by atoms with van der Waals surface area (Å²) in [6.45, 7) is 1.26. The molecule has 24 heavy (non-hydrogen) atoms. The minimum atomic E-state index is -0.350. The van der Waals surface area contributed by atoms with Crippen LogP contribution < -0.4 is 5.32 Å². The molecular weight excluding hydrogens is 324 g/mol. The second-order valence-electron chi connectivity index (χ2n) is 6.64. The van der Waals surface area contributed by atoms with Gasteiger partial charge in [0, 0.05) is 17.9 Å². The Morgan fingerprint density at radius 2 is 2.12 bits per heavy atom. The number of carbonyl (C=O) groups is 2. The smallest absolute Gasteiger partial charge is 0.238 e. The van der Waals surface area contributed by atoms with E-state index in [1.807, 2.05) is 29.2 Å². The number of para-hydroxylation sites is 1. The first kappa shape index (κ1) is 16.0. The summed E-state index contributed by atoms with van der Waals surface area (Å²) >= 11 is 1.50. The van der Waals surface area contributed by atoms with Crippen LogP contribution in [0.25, 0.3) is 0 Å². The number of hydrogen-bond acceptors (Lipinski definition) is 4. The maximum atomic E-state index is 12.9. The van der Waals surface area contributed by atoms with Gasteiger partial charge in [-0.05, 0) is 25.0 Å². The lowest BCUT2D eigenvalue weighted by Gasteiger charge is -2.44. The van der Waals surface area contributed by atoms with Crippen LogP contribution in [0.15, 0.2) is 29.2 Å². The van der Waals surface area contributed by atoms with Gasteiger partial charge in [0.1, 0.15) is 0 Å². The van der Waals surface area contributed by atoms with Crippen molar-refractivity contribution in [1.82, 2.24) is 4.90 Å². The third-order valence-corrected chi connectivity index (χ3v) is 6.39. The molecule has 5 nitrogen and oxygen atoms in total. The maximum Gasteiger partial charge on any atom is 0.238 e. The summed E-state index contributed by atoms with van der Waals surface area (Å²) in [4.78, 5) is 28.2. The molecule has 2 fully saturated rings. The zero-order chi connectivity index (χ0) is 16.5. The fourth-order valence-electron chi connectivity index (χ4n) is 3.91. The number of benzene rings is 1. The standard InChI is InChI=1S/C18H22N2O3S/c21-17(20-9-10-23-14-7-3-2-6-13(14)20)11-16-18(22)19-12-5-1-4-8-15(12)24-16/h1,4-5,8,13-14,16H,2-3,6-7,9-11H2,(H,19,22). The predicted molar refractivity (Wildman–Crippen MR) is 93.0 cm³/mol. The van der Waals surface area contributed by atoms with E-state index in [9.17, 15) is 9.59 Å². The van der Waals surface area contributed by atoms with Crippen LogP contribution in [-0.4, -0.2) is 47.3 Å². The summed E-state index contributed by atoms with van der Waals surface area (Å²) in [6.07, 6.45) is 4.84. The highest BCUT2D eigenvalue weighted by molar-refractivity contribution is 8.01. The van der Waals surface area contributed by atoms with Crippen LogP contribution in [0.2, 0.25) is 0 Å². The highest BCUT2D eigenvalue weighted by atomic mass is 32.2. The van der Waals surface area contributed by atoms with Crippen molar-refractivity contribution in [2.24, 2.45) is 0 Å². The van der Waals surface area contributed by atoms with Gasteiger partial charge in [-0.1, -0.05) is 25.0 Å². The number of anilines is 1. The summed E-state index contributed by atoms with van der Waals surface area (Å²) < 4.78 is 5.84. The van der Waals surface area contributed by atoms with Gasteiger partial charge in [-0.25, -0.2) is 0 Å². The first-order chi connectivity index (χ1) is 11.7. The van der Waals surface area contributed by atoms with Crippen molar-refractivity contribution in [3.8, 4) is 0 Å². The number of carbonyl (C=O) groups excluding carboxylic acids is 2. The van der Waals surface area contributed by atoms with Gasteiger partial charge in [0.25, 0.3) is 0 Å².